The molecule has 2 rings (SSSR count). The predicted octanol–water partition coefficient (Wildman–Crippen LogP) is 4.65. The summed E-state index contributed by atoms with van der Waals surface area (Å²) in [6, 6.07) is 0. The zero-order chi connectivity index (χ0) is 18.4. The highest BCUT2D eigenvalue weighted by Crippen LogP contribution is 2.33. The van der Waals surface area contributed by atoms with Crippen LogP contribution in [-0.4, -0.2) is 22.3 Å². The van der Waals surface area contributed by atoms with Gasteiger partial charge in [0.1, 0.15) is 15.6 Å². The summed E-state index contributed by atoms with van der Waals surface area (Å²) in [5, 5.41) is 0.528. The molecule has 1 aliphatic carbocycles. The molecule has 126 valence electrons. The number of allylic oxidation sites excluding steroid dienone is 9. The number of hydrogen-bond donors (Lipinski definition) is 0. The third-order valence-corrected chi connectivity index (χ3v) is 4.38. The van der Waals surface area contributed by atoms with Gasteiger partial charge in [-0.15, -0.1) is 11.3 Å². The standard InChI is InChI=1S/C20H18N2O2S/c1-5-9-13-14(10-6-2)18(24)19-16(17(13)23)22-20(25-19)15(11-7-3)21-12-8-4/h5-12H,1-2H2,3-4H3/b11-7-,12-8-,13-9+,14-10+,21-15+. The highest BCUT2D eigenvalue weighted by atomic mass is 32.1. The second kappa shape index (κ2) is 8.26. The van der Waals surface area contributed by atoms with E-state index in [9.17, 15) is 9.59 Å². The van der Waals surface area contributed by atoms with E-state index in [1.807, 2.05) is 19.9 Å². The van der Waals surface area contributed by atoms with Gasteiger partial charge in [-0.25, -0.2) is 4.98 Å². The molecule has 0 saturated heterocycles. The van der Waals surface area contributed by atoms with Gasteiger partial charge in [0, 0.05) is 17.3 Å². The second-order valence-corrected chi connectivity index (χ2v) is 5.98. The largest absolute Gasteiger partial charge is 0.288 e. The molecule has 0 fully saturated rings. The lowest BCUT2D eigenvalue weighted by atomic mass is 9.88. The Kier molecular flexibility index (Phi) is 6.08. The van der Waals surface area contributed by atoms with E-state index >= 15 is 0 Å². The van der Waals surface area contributed by atoms with E-state index in [4.69, 9.17) is 0 Å². The minimum absolute atomic E-state index is 0.164. The highest BCUT2D eigenvalue weighted by molar-refractivity contribution is 7.16. The Morgan fingerprint density at radius 1 is 1.04 bits per heavy atom. The smallest absolute Gasteiger partial charge is 0.213 e. The Morgan fingerprint density at radius 3 is 2.24 bits per heavy atom. The van der Waals surface area contributed by atoms with Crippen LogP contribution in [0.3, 0.4) is 0 Å². The summed E-state index contributed by atoms with van der Waals surface area (Å²) in [5.41, 5.74) is 1.35. The van der Waals surface area contributed by atoms with E-state index in [0.29, 0.717) is 21.2 Å². The number of nitrogens with zero attached hydrogens (tertiary/aromatic N) is 2. The molecule has 1 aromatic heterocycles. The van der Waals surface area contributed by atoms with Crippen molar-refractivity contribution in [2.24, 2.45) is 4.99 Å². The fourth-order valence-electron chi connectivity index (χ4n) is 2.28. The van der Waals surface area contributed by atoms with Gasteiger partial charge in [-0.2, -0.15) is 0 Å². The van der Waals surface area contributed by atoms with E-state index in [2.05, 4.69) is 23.1 Å². The number of Topliss-reactive ketones (excluding diaryl/α,β-unsaturated/α-hetero) is 2. The molecule has 0 unspecified atom stereocenters. The Bertz CT molecular complexity index is 839. The van der Waals surface area contributed by atoms with Crippen LogP contribution >= 0.6 is 11.3 Å². The van der Waals surface area contributed by atoms with E-state index in [-0.39, 0.29) is 22.8 Å². The number of aliphatic imine (C=N–C) groups is 1. The zero-order valence-electron chi connectivity index (χ0n) is 14.2. The summed E-state index contributed by atoms with van der Waals surface area (Å²) in [7, 11) is 0. The molecular weight excluding hydrogens is 332 g/mol. The topological polar surface area (TPSA) is 59.4 Å². The van der Waals surface area contributed by atoms with Gasteiger partial charge in [0.2, 0.25) is 11.6 Å². The van der Waals surface area contributed by atoms with Gasteiger partial charge in [-0.3, -0.25) is 14.6 Å². The second-order valence-electron chi connectivity index (χ2n) is 4.98. The van der Waals surface area contributed by atoms with Gasteiger partial charge in [0.15, 0.2) is 0 Å². The predicted molar refractivity (Wildman–Crippen MR) is 104 cm³/mol. The maximum Gasteiger partial charge on any atom is 0.213 e. The van der Waals surface area contributed by atoms with Gasteiger partial charge < -0.3 is 0 Å². The van der Waals surface area contributed by atoms with Crippen molar-refractivity contribution in [2.45, 2.75) is 13.8 Å². The lowest BCUT2D eigenvalue weighted by molar-refractivity contribution is 0.0973. The minimum Gasteiger partial charge on any atom is -0.288 e. The first-order valence-corrected chi connectivity index (χ1v) is 8.48. The van der Waals surface area contributed by atoms with Crippen LogP contribution in [-0.2, 0) is 0 Å². The molecule has 4 nitrogen and oxygen atoms in total. The van der Waals surface area contributed by atoms with Crippen molar-refractivity contribution < 1.29 is 9.59 Å². The highest BCUT2D eigenvalue weighted by Gasteiger charge is 2.35. The van der Waals surface area contributed by atoms with Gasteiger partial charge >= 0.3 is 0 Å². The lowest BCUT2D eigenvalue weighted by Gasteiger charge is -2.14. The van der Waals surface area contributed by atoms with Crippen molar-refractivity contribution in [3.8, 4) is 0 Å². The molecule has 5 heteroatoms. The number of aromatic nitrogens is 1. The van der Waals surface area contributed by atoms with E-state index < -0.39 is 0 Å². The molecule has 0 aliphatic heterocycles. The third kappa shape index (κ3) is 3.61. The SMILES string of the molecule is C=C/C=C1/C(=O)c2nc(C(/C=C\C)=N/C=C\C)sc2C(=O)/C1=C/C=C. The third-order valence-electron chi connectivity index (χ3n) is 3.30. The van der Waals surface area contributed by atoms with Crippen molar-refractivity contribution in [2.75, 3.05) is 0 Å². The Labute approximate surface area is 151 Å². The first-order chi connectivity index (χ1) is 12.1. The fourth-order valence-corrected chi connectivity index (χ4v) is 3.27. The number of fused-ring (bicyclic) bond motifs is 1. The van der Waals surface area contributed by atoms with Crippen LogP contribution in [0.2, 0.25) is 0 Å². The maximum absolute atomic E-state index is 12.8. The Hall–Kier alpha value is -2.92. The molecule has 0 atom stereocenters. The van der Waals surface area contributed by atoms with Crippen molar-refractivity contribution in [3.63, 3.8) is 0 Å². The molecule has 0 saturated carbocycles. The van der Waals surface area contributed by atoms with Crippen LogP contribution in [0.1, 0.15) is 39.0 Å². The quantitative estimate of drug-likeness (QED) is 0.574. The van der Waals surface area contributed by atoms with Crippen LogP contribution in [0.15, 0.2) is 78.0 Å². The lowest BCUT2D eigenvalue weighted by Crippen LogP contribution is -2.21. The van der Waals surface area contributed by atoms with E-state index in [1.54, 1.807) is 24.4 Å². The fraction of sp³-hybridized carbons (Fsp3) is 0.100. The molecule has 1 aliphatic rings. The summed E-state index contributed by atoms with van der Waals surface area (Å²) in [6.07, 6.45) is 13.1. The molecule has 25 heavy (non-hydrogen) atoms. The number of carbonyl (C=O) groups is 2. The molecule has 0 aromatic carbocycles. The average molecular weight is 350 g/mol. The van der Waals surface area contributed by atoms with Crippen molar-refractivity contribution >= 4 is 28.6 Å². The molecule has 0 bridgehead atoms. The number of hydrogen-bond acceptors (Lipinski definition) is 5. The number of carbonyl (C=O) groups excluding carboxylic acids is 2. The van der Waals surface area contributed by atoms with Crippen molar-refractivity contribution in [1.82, 2.24) is 4.98 Å². The number of thiazole rings is 1. The summed E-state index contributed by atoms with van der Waals surface area (Å²) in [5.74, 6) is -0.534. The van der Waals surface area contributed by atoms with Crippen molar-refractivity contribution in [3.05, 3.63) is 88.6 Å². The molecule has 1 heterocycles. The van der Waals surface area contributed by atoms with Gasteiger partial charge in [-0.1, -0.05) is 49.6 Å². The van der Waals surface area contributed by atoms with Crippen LogP contribution in [0.5, 0.6) is 0 Å². The maximum atomic E-state index is 12.8. The summed E-state index contributed by atoms with van der Waals surface area (Å²) >= 11 is 1.17. The molecule has 0 amide bonds. The van der Waals surface area contributed by atoms with Gasteiger partial charge in [0.05, 0.1) is 5.71 Å². The Balaban J connectivity index is 2.67. The Morgan fingerprint density at radius 2 is 1.68 bits per heavy atom. The summed E-state index contributed by atoms with van der Waals surface area (Å²) in [4.78, 5) is 34.6. The first-order valence-electron chi connectivity index (χ1n) is 7.67. The number of rotatable bonds is 5. The average Bonchev–Trinajstić information content (AvgIpc) is 3.05. The minimum atomic E-state index is -0.295. The zero-order valence-corrected chi connectivity index (χ0v) is 15.0. The van der Waals surface area contributed by atoms with Gasteiger partial charge in [0.25, 0.3) is 0 Å². The molecule has 0 spiro atoms. The van der Waals surface area contributed by atoms with Crippen LogP contribution in [0, 0.1) is 0 Å². The van der Waals surface area contributed by atoms with E-state index in [0.717, 1.165) is 0 Å². The normalized spacial score (nSPS) is 18.6. The van der Waals surface area contributed by atoms with Crippen LogP contribution in [0.25, 0.3) is 0 Å². The molecule has 1 aromatic rings. The van der Waals surface area contributed by atoms with Gasteiger partial charge in [-0.05, 0) is 19.9 Å². The molecular formula is C20H18N2O2S. The first kappa shape index (κ1) is 18.4. The monoisotopic (exact) mass is 350 g/mol. The number of ketones is 2. The van der Waals surface area contributed by atoms with Crippen molar-refractivity contribution in [1.29, 1.82) is 0 Å². The summed E-state index contributed by atoms with van der Waals surface area (Å²) < 4.78 is 0. The van der Waals surface area contributed by atoms with E-state index in [1.165, 1.54) is 29.6 Å². The molecule has 0 radical (unpaired) electrons. The van der Waals surface area contributed by atoms with Crippen LogP contribution < -0.4 is 0 Å². The van der Waals surface area contributed by atoms with Crippen LogP contribution in [0.4, 0.5) is 0 Å². The summed E-state index contributed by atoms with van der Waals surface area (Å²) in [6.45, 7) is 10.9. The molecule has 0 N–H and O–H groups in total.